The highest BCUT2D eigenvalue weighted by atomic mass is 16.3. The quantitative estimate of drug-likeness (QED) is 0.262. The van der Waals surface area contributed by atoms with Crippen LogP contribution in [0.25, 0.3) is 0 Å². The minimum absolute atomic E-state index is 0.208. The maximum atomic E-state index is 10.6. The minimum atomic E-state index is -0.377. The van der Waals surface area contributed by atoms with Gasteiger partial charge < -0.3 is 15.1 Å². The summed E-state index contributed by atoms with van der Waals surface area (Å²) in [6, 6.07) is 0. The molecule has 31 heavy (non-hydrogen) atoms. The maximum Gasteiger partial charge on any atom is 0.0723 e. The number of rotatable bonds is 13. The van der Waals surface area contributed by atoms with Crippen molar-refractivity contribution in [2.45, 2.75) is 117 Å². The van der Waals surface area contributed by atoms with Gasteiger partial charge in [-0.15, -0.1) is 0 Å². The van der Waals surface area contributed by atoms with Gasteiger partial charge in [0.05, 0.1) is 12.2 Å². The summed E-state index contributed by atoms with van der Waals surface area (Å²) in [7, 11) is 2.22. The summed E-state index contributed by atoms with van der Waals surface area (Å²) in [4.78, 5) is 2.45. The molecule has 0 bridgehead atoms. The molecular formula is C28H51NO2. The fourth-order valence-electron chi connectivity index (χ4n) is 5.42. The topological polar surface area (TPSA) is 43.7 Å². The van der Waals surface area contributed by atoms with Crippen molar-refractivity contribution in [3.05, 3.63) is 23.8 Å². The van der Waals surface area contributed by atoms with Crippen LogP contribution in [-0.4, -0.2) is 46.5 Å². The van der Waals surface area contributed by atoms with E-state index in [1.54, 1.807) is 5.57 Å². The number of aliphatic hydroxyl groups is 2. The summed E-state index contributed by atoms with van der Waals surface area (Å²) in [5.74, 6) is 1.84. The molecule has 0 aromatic rings. The lowest BCUT2D eigenvalue weighted by molar-refractivity contribution is 0.139. The second kappa shape index (κ2) is 12.6. The molecule has 0 aliphatic heterocycles. The summed E-state index contributed by atoms with van der Waals surface area (Å²) in [5.41, 5.74) is 1.87. The zero-order valence-corrected chi connectivity index (χ0v) is 21.3. The van der Waals surface area contributed by atoms with Gasteiger partial charge in [-0.3, -0.25) is 0 Å². The monoisotopic (exact) mass is 433 g/mol. The van der Waals surface area contributed by atoms with Gasteiger partial charge in [0.2, 0.25) is 0 Å². The van der Waals surface area contributed by atoms with Crippen LogP contribution in [0.5, 0.6) is 0 Å². The smallest absolute Gasteiger partial charge is 0.0723 e. The second-order valence-electron chi connectivity index (χ2n) is 11.6. The van der Waals surface area contributed by atoms with Crippen LogP contribution >= 0.6 is 0 Å². The van der Waals surface area contributed by atoms with Crippen molar-refractivity contribution in [2.75, 3.05) is 13.6 Å². The largest absolute Gasteiger partial charge is 0.392 e. The molecule has 2 aliphatic rings. The van der Waals surface area contributed by atoms with Crippen LogP contribution < -0.4 is 0 Å². The molecule has 3 heteroatoms. The molecule has 0 heterocycles. The Morgan fingerprint density at radius 3 is 2.61 bits per heavy atom. The van der Waals surface area contributed by atoms with E-state index in [4.69, 9.17) is 0 Å². The van der Waals surface area contributed by atoms with Crippen molar-refractivity contribution in [3.8, 4) is 0 Å². The van der Waals surface area contributed by atoms with Crippen LogP contribution in [0.2, 0.25) is 0 Å². The molecule has 0 spiro atoms. The molecule has 1 saturated carbocycles. The molecule has 3 nitrogen and oxygen atoms in total. The van der Waals surface area contributed by atoms with Gasteiger partial charge in [0.25, 0.3) is 0 Å². The van der Waals surface area contributed by atoms with E-state index in [1.165, 1.54) is 51.5 Å². The van der Waals surface area contributed by atoms with Crippen LogP contribution in [0.1, 0.15) is 98.8 Å². The Morgan fingerprint density at radius 2 is 1.94 bits per heavy atom. The van der Waals surface area contributed by atoms with E-state index in [1.807, 2.05) is 6.08 Å². The van der Waals surface area contributed by atoms with E-state index in [0.29, 0.717) is 17.8 Å². The van der Waals surface area contributed by atoms with E-state index in [9.17, 15) is 10.2 Å². The van der Waals surface area contributed by atoms with Gasteiger partial charge in [0, 0.05) is 11.5 Å². The highest BCUT2D eigenvalue weighted by molar-refractivity contribution is 5.21. The predicted octanol–water partition coefficient (Wildman–Crippen LogP) is 6.35. The Bertz CT molecular complexity index is 576. The zero-order chi connectivity index (χ0) is 23.0. The first-order valence-corrected chi connectivity index (χ1v) is 13.1. The summed E-state index contributed by atoms with van der Waals surface area (Å²) in [6.07, 6.45) is 17.6. The highest BCUT2D eigenvalue weighted by Crippen LogP contribution is 2.48. The van der Waals surface area contributed by atoms with E-state index >= 15 is 0 Å². The third-order valence-electron chi connectivity index (χ3n) is 7.84. The van der Waals surface area contributed by atoms with Gasteiger partial charge in [-0.05, 0) is 90.6 Å². The number of hydrogen-bond acceptors (Lipinski definition) is 3. The Morgan fingerprint density at radius 1 is 1.19 bits per heavy atom. The van der Waals surface area contributed by atoms with Crippen molar-refractivity contribution in [1.29, 1.82) is 0 Å². The lowest BCUT2D eigenvalue weighted by atomic mass is 9.88. The SMILES string of the molecule is CCCC[C@H](C)C[C@H](O)/C=C/[C@@H]1[C@H]2CC(CCCCCN(C)C(C)(C)C)=C[C@H]2C[C@H]1O. The van der Waals surface area contributed by atoms with Crippen LogP contribution in [0.4, 0.5) is 0 Å². The first-order chi connectivity index (χ1) is 14.6. The fraction of sp³-hybridized carbons (Fsp3) is 0.857. The van der Waals surface area contributed by atoms with Gasteiger partial charge in [-0.25, -0.2) is 0 Å². The minimum Gasteiger partial charge on any atom is -0.392 e. The van der Waals surface area contributed by atoms with E-state index < -0.39 is 0 Å². The number of unbranched alkanes of at least 4 members (excludes halogenated alkanes) is 3. The molecule has 0 amide bonds. The lowest BCUT2D eigenvalue weighted by Gasteiger charge is -2.31. The number of aliphatic hydroxyl groups excluding tert-OH is 2. The zero-order valence-electron chi connectivity index (χ0n) is 21.3. The highest BCUT2D eigenvalue weighted by Gasteiger charge is 2.43. The van der Waals surface area contributed by atoms with Crippen LogP contribution in [-0.2, 0) is 0 Å². The molecule has 2 aliphatic carbocycles. The van der Waals surface area contributed by atoms with Crippen LogP contribution in [0, 0.1) is 23.7 Å². The van der Waals surface area contributed by atoms with E-state index in [2.05, 4.69) is 58.7 Å². The van der Waals surface area contributed by atoms with E-state index in [0.717, 1.165) is 19.3 Å². The fourth-order valence-corrected chi connectivity index (χ4v) is 5.42. The first kappa shape index (κ1) is 26.6. The van der Waals surface area contributed by atoms with Crippen molar-refractivity contribution in [1.82, 2.24) is 4.90 Å². The van der Waals surface area contributed by atoms with E-state index in [-0.39, 0.29) is 23.7 Å². The molecule has 2 N–H and O–H groups in total. The van der Waals surface area contributed by atoms with Gasteiger partial charge in [-0.1, -0.05) is 63.3 Å². The number of nitrogens with zero attached hydrogens (tertiary/aromatic N) is 1. The van der Waals surface area contributed by atoms with Crippen LogP contribution in [0.15, 0.2) is 23.8 Å². The van der Waals surface area contributed by atoms with Crippen molar-refractivity contribution in [3.63, 3.8) is 0 Å². The summed E-state index contributed by atoms with van der Waals surface area (Å²) < 4.78 is 0. The molecule has 0 radical (unpaired) electrons. The van der Waals surface area contributed by atoms with Gasteiger partial charge in [-0.2, -0.15) is 0 Å². The summed E-state index contributed by atoms with van der Waals surface area (Å²) in [5, 5.41) is 21.0. The number of fused-ring (bicyclic) bond motifs is 1. The average Bonchev–Trinajstić information content (AvgIpc) is 3.19. The van der Waals surface area contributed by atoms with Crippen molar-refractivity contribution in [2.24, 2.45) is 23.7 Å². The molecular weight excluding hydrogens is 382 g/mol. The van der Waals surface area contributed by atoms with Crippen molar-refractivity contribution >= 4 is 0 Å². The Hall–Kier alpha value is -0.640. The molecule has 180 valence electrons. The Balaban J connectivity index is 1.72. The van der Waals surface area contributed by atoms with Crippen molar-refractivity contribution < 1.29 is 10.2 Å². The number of hydrogen-bond donors (Lipinski definition) is 2. The van der Waals surface area contributed by atoms with Gasteiger partial charge in [0.15, 0.2) is 0 Å². The Kier molecular flexibility index (Phi) is 10.8. The molecule has 0 aromatic carbocycles. The standard InChI is InChI=1S/C28H51NO2/c1-7-8-12-21(2)17-24(30)14-15-25-26-19-22(18-23(26)20-27(25)31)13-10-9-11-16-29(6)28(3,4)5/h14-15,18,21,23-27,30-31H,7-13,16-17,19-20H2,1-6H3/b15-14+/t21-,23-,24+,25+,26-,27+/m0/s1. The molecule has 6 atom stereocenters. The molecule has 2 rings (SSSR count). The predicted molar refractivity (Wildman–Crippen MR) is 133 cm³/mol. The van der Waals surface area contributed by atoms with Gasteiger partial charge >= 0.3 is 0 Å². The Labute approximate surface area is 193 Å². The molecule has 1 fully saturated rings. The normalized spacial score (nSPS) is 28.4. The molecule has 0 aromatic heterocycles. The number of allylic oxidation sites excluding steroid dienone is 2. The molecule has 0 unspecified atom stereocenters. The third-order valence-corrected chi connectivity index (χ3v) is 7.84. The molecule has 0 saturated heterocycles. The van der Waals surface area contributed by atoms with Crippen LogP contribution in [0.3, 0.4) is 0 Å². The second-order valence-corrected chi connectivity index (χ2v) is 11.6. The maximum absolute atomic E-state index is 10.6. The lowest BCUT2D eigenvalue weighted by Crippen LogP contribution is -2.38. The van der Waals surface area contributed by atoms with Gasteiger partial charge in [0.1, 0.15) is 0 Å². The third kappa shape index (κ3) is 8.67. The summed E-state index contributed by atoms with van der Waals surface area (Å²) >= 11 is 0. The summed E-state index contributed by atoms with van der Waals surface area (Å²) in [6.45, 7) is 12.5. The average molecular weight is 434 g/mol. The first-order valence-electron chi connectivity index (χ1n) is 13.1.